The van der Waals surface area contributed by atoms with Crippen molar-refractivity contribution in [2.45, 2.75) is 77.2 Å². The molecule has 2 aliphatic heterocycles. The number of likely N-dealkylation sites (tertiary alicyclic amines) is 1. The van der Waals surface area contributed by atoms with Gasteiger partial charge in [0.1, 0.15) is 0 Å². The maximum atomic E-state index is 2.78. The molecule has 0 N–H and O–H groups in total. The van der Waals surface area contributed by atoms with Crippen LogP contribution in [0.15, 0.2) is 0 Å². The molecule has 2 heterocycles. The number of piperazine rings is 1. The highest BCUT2D eigenvalue weighted by Crippen LogP contribution is 2.41. The van der Waals surface area contributed by atoms with Gasteiger partial charge in [0.2, 0.25) is 0 Å². The summed E-state index contributed by atoms with van der Waals surface area (Å²) in [5.74, 6) is 0. The minimum Gasteiger partial charge on any atom is -0.298 e. The van der Waals surface area contributed by atoms with Gasteiger partial charge in [-0.1, -0.05) is 0 Å². The van der Waals surface area contributed by atoms with Gasteiger partial charge in [0.15, 0.2) is 0 Å². The van der Waals surface area contributed by atoms with E-state index in [0.29, 0.717) is 17.6 Å². The first-order valence-electron chi connectivity index (χ1n) is 6.34. The molecule has 2 saturated heterocycles. The topological polar surface area (TPSA) is 6.48 Å². The summed E-state index contributed by atoms with van der Waals surface area (Å²) in [4.78, 5) is 5.35. The third-order valence-electron chi connectivity index (χ3n) is 4.65. The molecule has 0 spiro atoms. The van der Waals surface area contributed by atoms with E-state index in [2.05, 4.69) is 51.5 Å². The first kappa shape index (κ1) is 11.4. The molecule has 0 saturated carbocycles. The average Bonchev–Trinajstić information content (AvgIpc) is 2.52. The van der Waals surface area contributed by atoms with E-state index < -0.39 is 0 Å². The Labute approximate surface area is 94.6 Å². The summed E-state index contributed by atoms with van der Waals surface area (Å²) in [7, 11) is 2.29. The molecule has 0 aromatic carbocycles. The molecule has 4 atom stereocenters. The highest BCUT2D eigenvalue weighted by Gasteiger charge is 2.50. The first-order chi connectivity index (χ1) is 6.84. The second-order valence-electron chi connectivity index (χ2n) is 6.44. The fraction of sp³-hybridized carbons (Fsp3) is 1.00. The van der Waals surface area contributed by atoms with Crippen LogP contribution in [0, 0.1) is 0 Å². The molecule has 2 nitrogen and oxygen atoms in total. The van der Waals surface area contributed by atoms with E-state index in [1.165, 1.54) is 12.8 Å². The van der Waals surface area contributed by atoms with Crippen LogP contribution in [0.5, 0.6) is 0 Å². The minimum absolute atomic E-state index is 0.329. The van der Waals surface area contributed by atoms with Gasteiger partial charge in [0.25, 0.3) is 0 Å². The van der Waals surface area contributed by atoms with Crippen molar-refractivity contribution in [2.75, 3.05) is 7.05 Å². The lowest BCUT2D eigenvalue weighted by Crippen LogP contribution is -2.65. The summed E-state index contributed by atoms with van der Waals surface area (Å²) in [6.45, 7) is 11.9. The quantitative estimate of drug-likeness (QED) is 0.605. The Morgan fingerprint density at radius 1 is 0.933 bits per heavy atom. The normalized spacial score (nSPS) is 43.6. The second kappa shape index (κ2) is 3.46. The highest BCUT2D eigenvalue weighted by atomic mass is 15.4. The fourth-order valence-corrected chi connectivity index (χ4v) is 3.72. The molecule has 2 aliphatic rings. The van der Waals surface area contributed by atoms with Crippen LogP contribution >= 0.6 is 0 Å². The molecule has 0 radical (unpaired) electrons. The molecular formula is C13H26N2. The Morgan fingerprint density at radius 3 is 1.67 bits per heavy atom. The maximum Gasteiger partial charge on any atom is 0.0258 e. The summed E-state index contributed by atoms with van der Waals surface area (Å²) in [6, 6.07) is 2.96. The van der Waals surface area contributed by atoms with Crippen molar-refractivity contribution in [3.63, 3.8) is 0 Å². The second-order valence-corrected chi connectivity index (χ2v) is 6.44. The summed E-state index contributed by atoms with van der Waals surface area (Å²) < 4.78 is 0. The highest BCUT2D eigenvalue weighted by molar-refractivity contribution is 5.06. The summed E-state index contributed by atoms with van der Waals surface area (Å²) in [5, 5.41) is 0. The zero-order chi connectivity index (χ0) is 11.4. The van der Waals surface area contributed by atoms with Crippen LogP contribution in [-0.2, 0) is 0 Å². The molecule has 2 bridgehead atoms. The SMILES string of the molecule is C[C@@H]1C2CCC([C@@H](C)N1C)N2C(C)(C)C. The van der Waals surface area contributed by atoms with Gasteiger partial charge in [-0.3, -0.25) is 9.80 Å². The van der Waals surface area contributed by atoms with Crippen molar-refractivity contribution in [3.05, 3.63) is 0 Å². The Morgan fingerprint density at radius 2 is 1.33 bits per heavy atom. The van der Waals surface area contributed by atoms with Crippen LogP contribution in [0.3, 0.4) is 0 Å². The van der Waals surface area contributed by atoms with Crippen LogP contribution < -0.4 is 0 Å². The van der Waals surface area contributed by atoms with Crippen LogP contribution in [0.1, 0.15) is 47.5 Å². The standard InChI is InChI=1S/C13H26N2/c1-9-11-7-8-12(10(2)14(9)6)15(11)13(3,4)5/h9-12H,7-8H2,1-6H3/t9-,10-,11?,12?/m1/s1. The molecule has 2 unspecified atom stereocenters. The molecule has 0 aromatic heterocycles. The lowest BCUT2D eigenvalue weighted by Gasteiger charge is -2.53. The number of fused-ring (bicyclic) bond motifs is 2. The van der Waals surface area contributed by atoms with Crippen molar-refractivity contribution in [1.29, 1.82) is 0 Å². The van der Waals surface area contributed by atoms with Crippen molar-refractivity contribution >= 4 is 0 Å². The van der Waals surface area contributed by atoms with Gasteiger partial charge in [0.05, 0.1) is 0 Å². The lowest BCUT2D eigenvalue weighted by molar-refractivity contribution is -0.0490. The number of hydrogen-bond donors (Lipinski definition) is 0. The predicted octanol–water partition coefficient (Wildman–Crippen LogP) is 2.34. The van der Waals surface area contributed by atoms with Crippen LogP contribution in [0.25, 0.3) is 0 Å². The molecule has 2 rings (SSSR count). The van der Waals surface area contributed by atoms with E-state index >= 15 is 0 Å². The van der Waals surface area contributed by atoms with Crippen LogP contribution in [0.4, 0.5) is 0 Å². The summed E-state index contributed by atoms with van der Waals surface area (Å²) in [6.07, 6.45) is 2.77. The van der Waals surface area contributed by atoms with Gasteiger partial charge in [-0.15, -0.1) is 0 Å². The minimum atomic E-state index is 0.329. The number of nitrogens with zero attached hydrogens (tertiary/aromatic N) is 2. The fourth-order valence-electron chi connectivity index (χ4n) is 3.72. The predicted molar refractivity (Wildman–Crippen MR) is 65.1 cm³/mol. The summed E-state index contributed by atoms with van der Waals surface area (Å²) in [5.41, 5.74) is 0.329. The van der Waals surface area contributed by atoms with Crippen molar-refractivity contribution < 1.29 is 0 Å². The monoisotopic (exact) mass is 210 g/mol. The Hall–Kier alpha value is -0.0800. The van der Waals surface area contributed by atoms with Gasteiger partial charge in [-0.05, 0) is 54.5 Å². The largest absolute Gasteiger partial charge is 0.298 e. The van der Waals surface area contributed by atoms with Gasteiger partial charge in [0, 0.05) is 29.7 Å². The average molecular weight is 210 g/mol. The van der Waals surface area contributed by atoms with E-state index in [4.69, 9.17) is 0 Å². The van der Waals surface area contributed by atoms with E-state index in [9.17, 15) is 0 Å². The molecule has 0 aliphatic carbocycles. The molecule has 0 aromatic rings. The zero-order valence-corrected chi connectivity index (χ0v) is 11.1. The van der Waals surface area contributed by atoms with Crippen LogP contribution in [-0.4, -0.2) is 46.6 Å². The van der Waals surface area contributed by atoms with Crippen molar-refractivity contribution in [1.82, 2.24) is 9.80 Å². The van der Waals surface area contributed by atoms with Crippen molar-refractivity contribution in [3.8, 4) is 0 Å². The van der Waals surface area contributed by atoms with E-state index in [0.717, 1.165) is 12.1 Å². The molecule has 2 heteroatoms. The molecule has 88 valence electrons. The van der Waals surface area contributed by atoms with Gasteiger partial charge in [-0.2, -0.15) is 0 Å². The third-order valence-corrected chi connectivity index (χ3v) is 4.65. The zero-order valence-electron chi connectivity index (χ0n) is 11.1. The Bertz CT molecular complexity index is 225. The maximum absolute atomic E-state index is 2.78. The van der Waals surface area contributed by atoms with Gasteiger partial charge < -0.3 is 0 Å². The molecular weight excluding hydrogens is 184 g/mol. The number of hydrogen-bond acceptors (Lipinski definition) is 2. The van der Waals surface area contributed by atoms with Crippen molar-refractivity contribution in [2.24, 2.45) is 0 Å². The lowest BCUT2D eigenvalue weighted by atomic mass is 9.93. The number of likely N-dealkylation sites (N-methyl/N-ethyl adjacent to an activating group) is 1. The molecule has 15 heavy (non-hydrogen) atoms. The van der Waals surface area contributed by atoms with Gasteiger partial charge in [-0.25, -0.2) is 0 Å². The number of rotatable bonds is 0. The Kier molecular flexibility index (Phi) is 2.63. The van der Waals surface area contributed by atoms with E-state index in [-0.39, 0.29) is 0 Å². The van der Waals surface area contributed by atoms with Gasteiger partial charge >= 0.3 is 0 Å². The first-order valence-corrected chi connectivity index (χ1v) is 6.34. The molecule has 0 amide bonds. The van der Waals surface area contributed by atoms with Crippen LogP contribution in [0.2, 0.25) is 0 Å². The molecule has 2 fully saturated rings. The third kappa shape index (κ3) is 1.62. The summed E-state index contributed by atoms with van der Waals surface area (Å²) >= 11 is 0. The smallest absolute Gasteiger partial charge is 0.0258 e. The van der Waals surface area contributed by atoms with E-state index in [1.807, 2.05) is 0 Å². The van der Waals surface area contributed by atoms with E-state index in [1.54, 1.807) is 0 Å². The Balaban J connectivity index is 2.29.